The Morgan fingerprint density at radius 1 is 1.17 bits per heavy atom. The van der Waals surface area contributed by atoms with E-state index in [2.05, 4.69) is 19.2 Å². The third-order valence-corrected chi connectivity index (χ3v) is 5.25. The molecule has 0 saturated carbocycles. The largest absolute Gasteiger partial charge is 0.465 e. The minimum atomic E-state index is -0.464. The van der Waals surface area contributed by atoms with E-state index >= 15 is 0 Å². The molecule has 2 aromatic rings. The van der Waals surface area contributed by atoms with Crippen molar-refractivity contribution in [1.29, 1.82) is 0 Å². The molecule has 0 aliphatic carbocycles. The molecule has 1 saturated heterocycles. The van der Waals surface area contributed by atoms with Crippen molar-refractivity contribution in [3.63, 3.8) is 0 Å². The lowest BCUT2D eigenvalue weighted by Crippen LogP contribution is -2.28. The Kier molecular flexibility index (Phi) is 6.01. The molecule has 6 nitrogen and oxygen atoms in total. The smallest absolute Gasteiger partial charge is 0.337 e. The Balaban J connectivity index is 1.78. The normalized spacial score (nSPS) is 16.2. The number of amides is 2. The molecular formula is C23H26N2O4. The number of rotatable bonds is 5. The average Bonchev–Trinajstić information content (AvgIpc) is 3.10. The number of ether oxygens (including phenoxy) is 1. The van der Waals surface area contributed by atoms with Gasteiger partial charge >= 0.3 is 5.97 Å². The van der Waals surface area contributed by atoms with E-state index in [0.29, 0.717) is 11.3 Å². The van der Waals surface area contributed by atoms with Crippen molar-refractivity contribution >= 4 is 29.2 Å². The highest BCUT2D eigenvalue weighted by atomic mass is 16.5. The maximum atomic E-state index is 12.9. The predicted molar refractivity (Wildman–Crippen MR) is 112 cm³/mol. The number of para-hydroxylation sites is 1. The summed E-state index contributed by atoms with van der Waals surface area (Å²) in [5, 5.41) is 3.04. The summed E-state index contributed by atoms with van der Waals surface area (Å²) < 4.78 is 4.74. The first-order valence-electron chi connectivity index (χ1n) is 9.71. The number of nitrogens with zero attached hydrogens (tertiary/aromatic N) is 1. The van der Waals surface area contributed by atoms with Crippen LogP contribution < -0.4 is 10.2 Å². The molecule has 0 spiro atoms. The van der Waals surface area contributed by atoms with Crippen molar-refractivity contribution in [2.24, 2.45) is 5.92 Å². The van der Waals surface area contributed by atoms with E-state index in [1.807, 2.05) is 25.1 Å². The summed E-state index contributed by atoms with van der Waals surface area (Å²) in [5.74, 6) is -0.951. The lowest BCUT2D eigenvalue weighted by atomic mass is 9.97. The van der Waals surface area contributed by atoms with Gasteiger partial charge in [-0.1, -0.05) is 38.1 Å². The molecule has 2 aromatic carbocycles. The van der Waals surface area contributed by atoms with Gasteiger partial charge in [0.15, 0.2) is 0 Å². The van der Waals surface area contributed by atoms with Crippen molar-refractivity contribution in [3.05, 3.63) is 59.2 Å². The Bertz CT molecular complexity index is 952. The standard InChI is InChI=1S/C23H26N2O4/c1-14(2)19-10-5-7-15(3)21(19)24-22(27)17-12-20(26)25(13-17)18-9-6-8-16(11-18)23(28)29-4/h5-11,14,17H,12-13H2,1-4H3,(H,24,27). The number of hydrogen-bond acceptors (Lipinski definition) is 4. The van der Waals surface area contributed by atoms with Crippen molar-refractivity contribution in [3.8, 4) is 0 Å². The van der Waals surface area contributed by atoms with Crippen LogP contribution in [0.5, 0.6) is 0 Å². The van der Waals surface area contributed by atoms with Gasteiger partial charge in [-0.15, -0.1) is 0 Å². The molecule has 1 aliphatic rings. The highest BCUT2D eigenvalue weighted by Gasteiger charge is 2.35. The van der Waals surface area contributed by atoms with Crippen LogP contribution in [0.4, 0.5) is 11.4 Å². The quantitative estimate of drug-likeness (QED) is 0.781. The minimum absolute atomic E-state index is 0.136. The van der Waals surface area contributed by atoms with Gasteiger partial charge < -0.3 is 15.0 Å². The molecule has 3 rings (SSSR count). The van der Waals surface area contributed by atoms with Crippen LogP contribution in [0.3, 0.4) is 0 Å². The summed E-state index contributed by atoms with van der Waals surface area (Å²) in [6, 6.07) is 12.7. The Morgan fingerprint density at radius 2 is 1.90 bits per heavy atom. The Labute approximate surface area is 170 Å². The molecule has 0 radical (unpaired) electrons. The molecule has 1 heterocycles. The first-order valence-corrected chi connectivity index (χ1v) is 9.71. The fourth-order valence-electron chi connectivity index (χ4n) is 3.62. The SMILES string of the molecule is COC(=O)c1cccc(N2CC(C(=O)Nc3c(C)cccc3C(C)C)CC2=O)c1. The van der Waals surface area contributed by atoms with E-state index in [-0.39, 0.29) is 30.7 Å². The topological polar surface area (TPSA) is 75.7 Å². The van der Waals surface area contributed by atoms with Gasteiger partial charge in [-0.05, 0) is 42.2 Å². The van der Waals surface area contributed by atoms with Crippen LogP contribution in [0.1, 0.15) is 47.7 Å². The van der Waals surface area contributed by atoms with Gasteiger partial charge in [0.05, 0.1) is 18.6 Å². The number of carbonyl (C=O) groups is 3. The highest BCUT2D eigenvalue weighted by Crippen LogP contribution is 2.30. The van der Waals surface area contributed by atoms with Crippen molar-refractivity contribution in [1.82, 2.24) is 0 Å². The fourth-order valence-corrected chi connectivity index (χ4v) is 3.62. The number of aryl methyl sites for hydroxylation is 1. The van der Waals surface area contributed by atoms with Gasteiger partial charge in [0.25, 0.3) is 0 Å². The summed E-state index contributed by atoms with van der Waals surface area (Å²) in [7, 11) is 1.31. The number of hydrogen-bond donors (Lipinski definition) is 1. The van der Waals surface area contributed by atoms with E-state index in [1.54, 1.807) is 29.2 Å². The lowest BCUT2D eigenvalue weighted by Gasteiger charge is -2.19. The zero-order chi connectivity index (χ0) is 21.1. The first-order chi connectivity index (χ1) is 13.8. The van der Waals surface area contributed by atoms with Crippen LogP contribution in [0.15, 0.2) is 42.5 Å². The highest BCUT2D eigenvalue weighted by molar-refractivity contribution is 6.04. The van der Waals surface area contributed by atoms with E-state index in [0.717, 1.165) is 16.8 Å². The van der Waals surface area contributed by atoms with Gasteiger partial charge in [0.2, 0.25) is 11.8 Å². The monoisotopic (exact) mass is 394 g/mol. The Morgan fingerprint density at radius 3 is 2.59 bits per heavy atom. The molecule has 2 amide bonds. The molecule has 1 unspecified atom stereocenters. The Hall–Kier alpha value is -3.15. The van der Waals surface area contributed by atoms with Gasteiger partial charge in [0.1, 0.15) is 0 Å². The van der Waals surface area contributed by atoms with Crippen LogP contribution in [0, 0.1) is 12.8 Å². The fraction of sp³-hybridized carbons (Fsp3) is 0.348. The van der Waals surface area contributed by atoms with Crippen molar-refractivity contribution in [2.45, 2.75) is 33.1 Å². The number of anilines is 2. The van der Waals surface area contributed by atoms with Gasteiger partial charge in [-0.25, -0.2) is 4.79 Å². The summed E-state index contributed by atoms with van der Waals surface area (Å²) >= 11 is 0. The second-order valence-electron chi connectivity index (χ2n) is 7.63. The molecule has 0 bridgehead atoms. The molecule has 0 aromatic heterocycles. The number of carbonyl (C=O) groups excluding carboxylic acids is 3. The minimum Gasteiger partial charge on any atom is -0.465 e. The molecule has 1 fully saturated rings. The van der Waals surface area contributed by atoms with Crippen molar-refractivity contribution < 1.29 is 19.1 Å². The van der Waals surface area contributed by atoms with E-state index < -0.39 is 11.9 Å². The van der Waals surface area contributed by atoms with Crippen LogP contribution in [0.25, 0.3) is 0 Å². The zero-order valence-corrected chi connectivity index (χ0v) is 17.2. The number of methoxy groups -OCH3 is 1. The van der Waals surface area contributed by atoms with E-state index in [9.17, 15) is 14.4 Å². The molecule has 1 N–H and O–H groups in total. The molecular weight excluding hydrogens is 368 g/mol. The average molecular weight is 394 g/mol. The van der Waals surface area contributed by atoms with Crippen LogP contribution in [-0.2, 0) is 14.3 Å². The van der Waals surface area contributed by atoms with E-state index in [1.165, 1.54) is 7.11 Å². The molecule has 152 valence electrons. The second kappa shape index (κ2) is 8.47. The molecule has 1 atom stereocenters. The van der Waals surface area contributed by atoms with Gasteiger partial charge in [-0.3, -0.25) is 9.59 Å². The third kappa shape index (κ3) is 4.31. The third-order valence-electron chi connectivity index (χ3n) is 5.25. The van der Waals surface area contributed by atoms with Gasteiger partial charge in [-0.2, -0.15) is 0 Å². The zero-order valence-electron chi connectivity index (χ0n) is 17.2. The van der Waals surface area contributed by atoms with Crippen LogP contribution in [0.2, 0.25) is 0 Å². The summed E-state index contributed by atoms with van der Waals surface area (Å²) in [6.07, 6.45) is 0.136. The second-order valence-corrected chi connectivity index (χ2v) is 7.63. The summed E-state index contributed by atoms with van der Waals surface area (Å²) in [4.78, 5) is 38.8. The predicted octanol–water partition coefficient (Wildman–Crippen LogP) is 3.90. The van der Waals surface area contributed by atoms with Crippen molar-refractivity contribution in [2.75, 3.05) is 23.9 Å². The first kappa shape index (κ1) is 20.6. The van der Waals surface area contributed by atoms with Gasteiger partial charge in [0, 0.05) is 24.3 Å². The molecule has 1 aliphatic heterocycles. The summed E-state index contributed by atoms with van der Waals surface area (Å²) in [6.45, 7) is 6.41. The lowest BCUT2D eigenvalue weighted by molar-refractivity contribution is -0.122. The van der Waals surface area contributed by atoms with Crippen LogP contribution >= 0.6 is 0 Å². The summed E-state index contributed by atoms with van der Waals surface area (Å²) in [5.41, 5.74) is 3.85. The maximum absolute atomic E-state index is 12.9. The number of esters is 1. The van der Waals surface area contributed by atoms with Crippen LogP contribution in [-0.4, -0.2) is 31.4 Å². The molecule has 6 heteroatoms. The molecule has 29 heavy (non-hydrogen) atoms. The number of nitrogens with one attached hydrogen (secondary N) is 1. The maximum Gasteiger partial charge on any atom is 0.337 e. The van der Waals surface area contributed by atoms with E-state index in [4.69, 9.17) is 4.74 Å². The number of benzene rings is 2.